The molecule has 3 aromatic rings. The van der Waals surface area contributed by atoms with Crippen molar-refractivity contribution in [2.75, 3.05) is 0 Å². The highest BCUT2D eigenvalue weighted by atomic mass is 14.9. The number of hydrogen-bond donors (Lipinski definition) is 2. The van der Waals surface area contributed by atoms with Gasteiger partial charge in [-0.25, -0.2) is 0 Å². The van der Waals surface area contributed by atoms with E-state index in [2.05, 4.69) is 133 Å². The monoisotopic (exact) mass is 508 g/mol. The Hall–Kier alpha value is -3.78. The van der Waals surface area contributed by atoms with Crippen molar-refractivity contribution in [2.24, 2.45) is 5.73 Å². The molecule has 0 saturated heterocycles. The van der Waals surface area contributed by atoms with Gasteiger partial charge >= 0.3 is 0 Å². The van der Waals surface area contributed by atoms with Crippen LogP contribution in [0.15, 0.2) is 114 Å². The highest BCUT2D eigenvalue weighted by Gasteiger charge is 2.03. The normalized spacial score (nSPS) is 11.4. The van der Waals surface area contributed by atoms with Crippen LogP contribution in [0.4, 0.5) is 0 Å². The molecule has 2 nitrogen and oxygen atoms in total. The second-order valence-electron chi connectivity index (χ2n) is 9.60. The van der Waals surface area contributed by atoms with E-state index in [0.29, 0.717) is 0 Å². The number of hydrogen-bond acceptors (Lipinski definition) is 2. The van der Waals surface area contributed by atoms with Crippen molar-refractivity contribution in [1.82, 2.24) is 5.32 Å². The van der Waals surface area contributed by atoms with E-state index in [1.165, 1.54) is 45.4 Å². The van der Waals surface area contributed by atoms with Gasteiger partial charge in [0, 0.05) is 18.4 Å². The van der Waals surface area contributed by atoms with Crippen molar-refractivity contribution < 1.29 is 0 Å². The van der Waals surface area contributed by atoms with Crippen LogP contribution in [0.5, 0.6) is 0 Å². The van der Waals surface area contributed by atoms with Gasteiger partial charge < -0.3 is 11.1 Å². The Bertz CT molecular complexity index is 1190. The predicted molar refractivity (Wildman–Crippen MR) is 171 cm³/mol. The minimum absolute atomic E-state index is 0.836. The summed E-state index contributed by atoms with van der Waals surface area (Å²) in [7, 11) is 0. The van der Waals surface area contributed by atoms with Gasteiger partial charge in [0.1, 0.15) is 0 Å². The molecule has 202 valence electrons. The smallest absolute Gasteiger partial charge is 0.0416 e. The standard InChI is InChI=1S/C21H25N.C12H15N.C3H8/c1-16(2)9-14-21(19-12-10-17(3)11-13-19)22-15-20-8-6-5-7-18(20)4;1-3-10(2)12(9-13)11-7-5-4-6-8-11;1-3-2/h5-14,22H,15H2,1-4H3;3-9H,13H2,1-2H3;3H2,1-2H3/b21-14-;10-3-,12-9+;. The molecule has 0 fully saturated rings. The number of aryl methyl sites for hydroxylation is 2. The maximum Gasteiger partial charge on any atom is 0.0416 e. The molecule has 0 amide bonds. The van der Waals surface area contributed by atoms with E-state index in [1.54, 1.807) is 6.20 Å². The highest BCUT2D eigenvalue weighted by molar-refractivity contribution is 5.77. The summed E-state index contributed by atoms with van der Waals surface area (Å²) < 4.78 is 0. The van der Waals surface area contributed by atoms with E-state index in [4.69, 9.17) is 5.73 Å². The SMILES string of the molecule is C/C=C(C)\C(=C/N)c1ccccc1.CC(C)=C/C=C(\NCc1ccccc1C)c1ccc(C)cc1.CCC. The fraction of sp³-hybridized carbons (Fsp3) is 0.278. The fourth-order valence-electron chi connectivity index (χ4n) is 3.47. The van der Waals surface area contributed by atoms with Crippen LogP contribution in [-0.4, -0.2) is 0 Å². The summed E-state index contributed by atoms with van der Waals surface area (Å²) in [5, 5.41) is 3.58. The van der Waals surface area contributed by atoms with Gasteiger partial charge in [-0.05, 0) is 81.0 Å². The second kappa shape index (κ2) is 18.5. The van der Waals surface area contributed by atoms with Crippen LogP contribution in [0, 0.1) is 13.8 Å². The van der Waals surface area contributed by atoms with Gasteiger partial charge in [0.2, 0.25) is 0 Å². The summed E-state index contributed by atoms with van der Waals surface area (Å²) in [4.78, 5) is 0. The van der Waals surface area contributed by atoms with Gasteiger partial charge in [-0.15, -0.1) is 0 Å². The fourth-order valence-corrected chi connectivity index (χ4v) is 3.47. The lowest BCUT2D eigenvalue weighted by molar-refractivity contribution is 0.881. The number of nitrogens with two attached hydrogens (primary N) is 1. The van der Waals surface area contributed by atoms with Crippen LogP contribution in [0.25, 0.3) is 11.3 Å². The molecule has 0 spiro atoms. The van der Waals surface area contributed by atoms with Crippen LogP contribution in [0.1, 0.15) is 75.8 Å². The molecular formula is C36H48N2. The summed E-state index contributed by atoms with van der Waals surface area (Å²) >= 11 is 0. The molecule has 0 atom stereocenters. The lowest BCUT2D eigenvalue weighted by Gasteiger charge is -2.13. The van der Waals surface area contributed by atoms with Crippen LogP contribution >= 0.6 is 0 Å². The summed E-state index contributed by atoms with van der Waals surface area (Å²) in [5.41, 5.74) is 16.7. The quantitative estimate of drug-likeness (QED) is 0.312. The summed E-state index contributed by atoms with van der Waals surface area (Å²) in [5.74, 6) is 0. The number of allylic oxidation sites excluding steroid dienone is 6. The molecule has 0 heterocycles. The maximum absolute atomic E-state index is 5.58. The van der Waals surface area contributed by atoms with Crippen molar-refractivity contribution in [3.05, 3.63) is 142 Å². The van der Waals surface area contributed by atoms with E-state index in [-0.39, 0.29) is 0 Å². The zero-order valence-corrected chi connectivity index (χ0v) is 24.8. The van der Waals surface area contributed by atoms with Crippen molar-refractivity contribution in [1.29, 1.82) is 0 Å². The molecule has 0 bridgehead atoms. The second-order valence-corrected chi connectivity index (χ2v) is 9.60. The average Bonchev–Trinajstić information content (AvgIpc) is 2.92. The Balaban J connectivity index is 0.000000383. The zero-order valence-electron chi connectivity index (χ0n) is 24.8. The molecule has 3 rings (SSSR count). The number of rotatable bonds is 7. The van der Waals surface area contributed by atoms with Crippen molar-refractivity contribution >= 4 is 11.3 Å². The van der Waals surface area contributed by atoms with Gasteiger partial charge in [-0.3, -0.25) is 0 Å². The van der Waals surface area contributed by atoms with Crippen molar-refractivity contribution in [3.63, 3.8) is 0 Å². The summed E-state index contributed by atoms with van der Waals surface area (Å²) in [6.45, 7) is 17.7. The Morgan fingerprint density at radius 1 is 0.763 bits per heavy atom. The number of benzene rings is 3. The predicted octanol–water partition coefficient (Wildman–Crippen LogP) is 9.77. The third-order valence-corrected chi connectivity index (χ3v) is 5.79. The van der Waals surface area contributed by atoms with Crippen LogP contribution in [-0.2, 0) is 6.54 Å². The third-order valence-electron chi connectivity index (χ3n) is 5.79. The van der Waals surface area contributed by atoms with Crippen molar-refractivity contribution in [2.45, 2.75) is 68.4 Å². The molecule has 0 radical (unpaired) electrons. The van der Waals surface area contributed by atoms with Crippen LogP contribution in [0.2, 0.25) is 0 Å². The molecule has 0 aromatic heterocycles. The van der Waals surface area contributed by atoms with E-state index < -0.39 is 0 Å². The molecule has 0 saturated carbocycles. The summed E-state index contributed by atoms with van der Waals surface area (Å²) in [6.07, 6.45) is 9.29. The van der Waals surface area contributed by atoms with E-state index in [9.17, 15) is 0 Å². The van der Waals surface area contributed by atoms with E-state index >= 15 is 0 Å². The topological polar surface area (TPSA) is 38.0 Å². The highest BCUT2D eigenvalue weighted by Crippen LogP contribution is 2.21. The first kappa shape index (κ1) is 32.2. The van der Waals surface area contributed by atoms with Crippen LogP contribution in [0.3, 0.4) is 0 Å². The molecule has 2 heteroatoms. The molecule has 0 unspecified atom stereocenters. The molecular weight excluding hydrogens is 460 g/mol. The van der Waals surface area contributed by atoms with Crippen LogP contribution < -0.4 is 11.1 Å². The Labute approximate surface area is 232 Å². The first-order valence-corrected chi connectivity index (χ1v) is 13.6. The minimum Gasteiger partial charge on any atom is -0.404 e. The lowest BCUT2D eigenvalue weighted by atomic mass is 10.0. The molecule has 3 aromatic carbocycles. The maximum atomic E-state index is 5.58. The molecule has 0 aliphatic heterocycles. The third kappa shape index (κ3) is 12.0. The Kier molecular flexibility index (Phi) is 15.7. The van der Waals surface area contributed by atoms with E-state index in [1.807, 2.05) is 25.1 Å². The van der Waals surface area contributed by atoms with Gasteiger partial charge in [-0.1, -0.05) is 122 Å². The van der Waals surface area contributed by atoms with Gasteiger partial charge in [-0.2, -0.15) is 0 Å². The first-order chi connectivity index (χ1) is 18.3. The van der Waals surface area contributed by atoms with Gasteiger partial charge in [0.05, 0.1) is 0 Å². The largest absolute Gasteiger partial charge is 0.404 e. The number of nitrogens with one attached hydrogen (secondary N) is 1. The summed E-state index contributed by atoms with van der Waals surface area (Å²) in [6, 6.07) is 27.3. The average molecular weight is 509 g/mol. The van der Waals surface area contributed by atoms with Gasteiger partial charge in [0.15, 0.2) is 0 Å². The van der Waals surface area contributed by atoms with Crippen molar-refractivity contribution in [3.8, 4) is 0 Å². The Morgan fingerprint density at radius 3 is 1.87 bits per heavy atom. The minimum atomic E-state index is 0.836. The van der Waals surface area contributed by atoms with E-state index in [0.717, 1.165) is 17.8 Å². The molecule has 3 N–H and O–H groups in total. The van der Waals surface area contributed by atoms with Gasteiger partial charge in [0.25, 0.3) is 0 Å². The lowest BCUT2D eigenvalue weighted by Crippen LogP contribution is -2.12. The Morgan fingerprint density at radius 2 is 1.34 bits per heavy atom. The molecule has 0 aliphatic rings. The first-order valence-electron chi connectivity index (χ1n) is 13.6. The molecule has 38 heavy (non-hydrogen) atoms. The molecule has 0 aliphatic carbocycles. The zero-order chi connectivity index (χ0) is 28.3.